The quantitative estimate of drug-likeness (QED) is 0.434. The molecule has 3 nitrogen and oxygen atoms in total. The van der Waals surface area contributed by atoms with Gasteiger partial charge in [0.25, 0.3) is 0 Å². The van der Waals surface area contributed by atoms with Crippen molar-refractivity contribution < 1.29 is 4.74 Å². The first-order valence-corrected chi connectivity index (χ1v) is 3.74. The zero-order valence-corrected chi connectivity index (χ0v) is 7.38. The molecule has 0 bridgehead atoms. The summed E-state index contributed by atoms with van der Waals surface area (Å²) in [6, 6.07) is 7.12. The van der Waals surface area contributed by atoms with Crippen LogP contribution in [0.2, 0.25) is 0 Å². The van der Waals surface area contributed by atoms with Crippen molar-refractivity contribution in [2.75, 3.05) is 7.11 Å². The topological polar surface area (TPSA) is 47.6 Å². The zero-order chi connectivity index (χ0) is 8.97. The Morgan fingerprint density at radius 3 is 2.42 bits per heavy atom. The van der Waals surface area contributed by atoms with Crippen LogP contribution in [-0.2, 0) is 0 Å². The highest BCUT2D eigenvalue weighted by atomic mass is 35.5. The molecule has 0 radical (unpaired) electrons. The maximum Gasteiger partial charge on any atom is 0.193 e. The number of methoxy groups -OCH3 is 1. The molecule has 0 heterocycles. The van der Waals surface area contributed by atoms with Gasteiger partial charge in [-0.2, -0.15) is 0 Å². The van der Waals surface area contributed by atoms with Gasteiger partial charge in [-0.05, 0) is 35.9 Å². The van der Waals surface area contributed by atoms with Crippen molar-refractivity contribution in [2.24, 2.45) is 10.7 Å². The van der Waals surface area contributed by atoms with Crippen molar-refractivity contribution in [2.45, 2.75) is 0 Å². The summed E-state index contributed by atoms with van der Waals surface area (Å²) in [5, 5.41) is 0.0279. The Morgan fingerprint density at radius 1 is 1.42 bits per heavy atom. The number of hydrogen-bond donors (Lipinski definition) is 1. The largest absolute Gasteiger partial charge is 0.497 e. The predicted octanol–water partition coefficient (Wildman–Crippen LogP) is 1.88. The molecular formula is C8H9ClN2O. The number of ether oxygens (including phenoxy) is 1. The first-order valence-electron chi connectivity index (χ1n) is 3.36. The second-order valence-corrected chi connectivity index (χ2v) is 2.52. The Balaban J connectivity index is 2.85. The van der Waals surface area contributed by atoms with E-state index in [0.717, 1.165) is 5.75 Å². The van der Waals surface area contributed by atoms with Crippen LogP contribution < -0.4 is 10.5 Å². The number of rotatable bonds is 2. The molecule has 2 N–H and O–H groups in total. The summed E-state index contributed by atoms with van der Waals surface area (Å²) in [6.45, 7) is 0. The molecular weight excluding hydrogens is 176 g/mol. The highest BCUT2D eigenvalue weighted by molar-refractivity contribution is 6.64. The number of halogens is 1. The van der Waals surface area contributed by atoms with Crippen LogP contribution in [0.15, 0.2) is 29.3 Å². The van der Waals surface area contributed by atoms with Crippen LogP contribution in [0.25, 0.3) is 0 Å². The van der Waals surface area contributed by atoms with Crippen LogP contribution in [0, 0.1) is 0 Å². The van der Waals surface area contributed by atoms with Gasteiger partial charge >= 0.3 is 0 Å². The number of nitrogens with zero attached hydrogens (tertiary/aromatic N) is 1. The van der Waals surface area contributed by atoms with E-state index in [4.69, 9.17) is 22.1 Å². The van der Waals surface area contributed by atoms with Gasteiger partial charge in [0, 0.05) is 0 Å². The highest BCUT2D eigenvalue weighted by Crippen LogP contribution is 2.17. The molecule has 0 saturated heterocycles. The molecule has 0 aliphatic carbocycles. The van der Waals surface area contributed by atoms with E-state index in [1.54, 1.807) is 31.4 Å². The first-order chi connectivity index (χ1) is 5.72. The SMILES string of the molecule is COc1ccc(N=C(N)Cl)cc1. The standard InChI is InChI=1S/C8H9ClN2O/c1-12-7-4-2-6(3-5-7)11-8(9)10/h2-5H,1H3,(H2,10,11). The second kappa shape index (κ2) is 3.97. The van der Waals surface area contributed by atoms with E-state index in [0.29, 0.717) is 5.69 Å². The smallest absolute Gasteiger partial charge is 0.193 e. The Morgan fingerprint density at radius 2 is 2.00 bits per heavy atom. The van der Waals surface area contributed by atoms with E-state index < -0.39 is 0 Å². The van der Waals surface area contributed by atoms with Crippen LogP contribution in [0.1, 0.15) is 0 Å². The average molecular weight is 185 g/mol. The van der Waals surface area contributed by atoms with Gasteiger partial charge in [-0.25, -0.2) is 4.99 Å². The number of benzene rings is 1. The maximum atomic E-state index is 5.38. The lowest BCUT2D eigenvalue weighted by atomic mass is 10.3. The Bertz CT molecular complexity index is 278. The minimum absolute atomic E-state index is 0.0279. The third-order valence-electron chi connectivity index (χ3n) is 1.31. The van der Waals surface area contributed by atoms with Crippen LogP contribution in [-0.4, -0.2) is 12.4 Å². The molecule has 0 spiro atoms. The summed E-state index contributed by atoms with van der Waals surface area (Å²) in [5.41, 5.74) is 5.89. The molecule has 0 fully saturated rings. The molecule has 0 aromatic heterocycles. The van der Waals surface area contributed by atoms with Crippen LogP contribution >= 0.6 is 11.6 Å². The van der Waals surface area contributed by atoms with E-state index >= 15 is 0 Å². The minimum Gasteiger partial charge on any atom is -0.497 e. The summed E-state index contributed by atoms with van der Waals surface area (Å²) >= 11 is 5.38. The van der Waals surface area contributed by atoms with Crippen LogP contribution in [0.5, 0.6) is 5.75 Å². The lowest BCUT2D eigenvalue weighted by Gasteiger charge is -1.98. The third-order valence-corrected chi connectivity index (χ3v) is 1.39. The van der Waals surface area contributed by atoms with Gasteiger partial charge < -0.3 is 10.5 Å². The van der Waals surface area contributed by atoms with Crippen molar-refractivity contribution in [1.82, 2.24) is 0 Å². The third kappa shape index (κ3) is 2.43. The first kappa shape index (κ1) is 8.87. The molecule has 0 atom stereocenters. The van der Waals surface area contributed by atoms with Gasteiger partial charge in [0.1, 0.15) is 5.75 Å². The summed E-state index contributed by atoms with van der Waals surface area (Å²) in [7, 11) is 1.61. The molecule has 0 aliphatic heterocycles. The summed E-state index contributed by atoms with van der Waals surface area (Å²) in [6.07, 6.45) is 0. The van der Waals surface area contributed by atoms with Gasteiger partial charge in [-0.15, -0.1) is 0 Å². The second-order valence-electron chi connectivity index (χ2n) is 2.13. The van der Waals surface area contributed by atoms with Crippen LogP contribution in [0.3, 0.4) is 0 Å². The van der Waals surface area contributed by atoms with Crippen molar-refractivity contribution >= 4 is 22.6 Å². The molecule has 1 rings (SSSR count). The Labute approximate surface area is 75.8 Å². The number of aliphatic imine (C=N–C) groups is 1. The van der Waals surface area contributed by atoms with Crippen molar-refractivity contribution in [1.29, 1.82) is 0 Å². The Kier molecular flexibility index (Phi) is 2.94. The predicted molar refractivity (Wildman–Crippen MR) is 50.1 cm³/mol. The summed E-state index contributed by atoms with van der Waals surface area (Å²) < 4.78 is 4.96. The number of hydrogen-bond acceptors (Lipinski definition) is 2. The molecule has 0 unspecified atom stereocenters. The fourth-order valence-corrected chi connectivity index (χ4v) is 0.878. The Hall–Kier alpha value is -1.22. The van der Waals surface area contributed by atoms with E-state index in [2.05, 4.69) is 4.99 Å². The monoisotopic (exact) mass is 184 g/mol. The average Bonchev–Trinajstić information content (AvgIpc) is 2.05. The van der Waals surface area contributed by atoms with Crippen molar-refractivity contribution in [3.05, 3.63) is 24.3 Å². The van der Waals surface area contributed by atoms with Gasteiger partial charge in [0.05, 0.1) is 12.8 Å². The van der Waals surface area contributed by atoms with Gasteiger partial charge in [-0.1, -0.05) is 0 Å². The molecule has 1 aromatic carbocycles. The van der Waals surface area contributed by atoms with E-state index in [1.165, 1.54) is 0 Å². The summed E-state index contributed by atoms with van der Waals surface area (Å²) in [5.74, 6) is 0.780. The van der Waals surface area contributed by atoms with Crippen LogP contribution in [0.4, 0.5) is 5.69 Å². The van der Waals surface area contributed by atoms with E-state index in [9.17, 15) is 0 Å². The lowest BCUT2D eigenvalue weighted by molar-refractivity contribution is 0.415. The van der Waals surface area contributed by atoms with E-state index in [1.807, 2.05) is 0 Å². The minimum atomic E-state index is 0.0279. The highest BCUT2D eigenvalue weighted by Gasteiger charge is 1.91. The molecule has 1 aromatic rings. The van der Waals surface area contributed by atoms with Crippen molar-refractivity contribution in [3.63, 3.8) is 0 Å². The lowest BCUT2D eigenvalue weighted by Crippen LogP contribution is -1.99. The molecule has 0 amide bonds. The summed E-state index contributed by atoms with van der Waals surface area (Å²) in [4.78, 5) is 3.84. The molecule has 0 saturated carbocycles. The van der Waals surface area contributed by atoms with Gasteiger partial charge in [-0.3, -0.25) is 0 Å². The van der Waals surface area contributed by atoms with E-state index in [-0.39, 0.29) is 5.29 Å². The zero-order valence-electron chi connectivity index (χ0n) is 6.62. The van der Waals surface area contributed by atoms with Crippen molar-refractivity contribution in [3.8, 4) is 5.75 Å². The molecule has 64 valence electrons. The maximum absolute atomic E-state index is 5.38. The fourth-order valence-electron chi connectivity index (χ4n) is 0.780. The molecule has 4 heteroatoms. The van der Waals surface area contributed by atoms with Gasteiger partial charge in [0.15, 0.2) is 5.29 Å². The van der Waals surface area contributed by atoms with Gasteiger partial charge in [0.2, 0.25) is 0 Å². The fraction of sp³-hybridized carbons (Fsp3) is 0.125. The number of nitrogens with two attached hydrogens (primary N) is 1. The molecule has 12 heavy (non-hydrogen) atoms. The molecule has 0 aliphatic rings. The number of amidine groups is 1. The normalized spacial score (nSPS) is 11.3.